The second-order valence-corrected chi connectivity index (χ2v) is 4.79. The second kappa shape index (κ2) is 5.16. The van der Waals surface area contributed by atoms with Crippen LogP contribution in [0.2, 0.25) is 0 Å². The van der Waals surface area contributed by atoms with E-state index in [2.05, 4.69) is 0 Å². The summed E-state index contributed by atoms with van der Waals surface area (Å²) in [4.78, 5) is 23.3. The van der Waals surface area contributed by atoms with Crippen LogP contribution in [0.25, 0.3) is 0 Å². The fourth-order valence-electron chi connectivity index (χ4n) is 2.32. The summed E-state index contributed by atoms with van der Waals surface area (Å²) in [6, 6.07) is 2.69. The molecule has 0 radical (unpaired) electrons. The zero-order valence-electron chi connectivity index (χ0n) is 11.7. The number of rotatable bonds is 3. The van der Waals surface area contributed by atoms with Crippen molar-refractivity contribution >= 4 is 5.97 Å². The maximum Gasteiger partial charge on any atom is 0.343 e. The molecule has 0 aliphatic carbocycles. The summed E-state index contributed by atoms with van der Waals surface area (Å²) in [7, 11) is 1.54. The smallest absolute Gasteiger partial charge is 0.343 e. The third kappa shape index (κ3) is 2.35. The van der Waals surface area contributed by atoms with Crippen LogP contribution in [0.15, 0.2) is 23.0 Å². The first-order valence-electron chi connectivity index (χ1n) is 6.22. The molecule has 0 spiro atoms. The fraction of sp³-hybridized carbons (Fsp3) is 0.286. The van der Waals surface area contributed by atoms with Crippen molar-refractivity contribution in [2.45, 2.75) is 19.9 Å². The molecule has 1 N–H and O–H groups in total. The van der Waals surface area contributed by atoms with E-state index in [9.17, 15) is 18.4 Å². The Morgan fingerprint density at radius 1 is 1.29 bits per heavy atom. The van der Waals surface area contributed by atoms with Gasteiger partial charge in [0.1, 0.15) is 5.56 Å². The molecule has 1 aromatic carbocycles. The molecule has 1 aromatic heterocycles. The van der Waals surface area contributed by atoms with Crippen LogP contribution in [0.1, 0.15) is 34.6 Å². The summed E-state index contributed by atoms with van der Waals surface area (Å²) in [6.07, 6.45) is 0. The van der Waals surface area contributed by atoms with Crippen LogP contribution in [0.4, 0.5) is 8.78 Å². The molecule has 0 aliphatic rings. The van der Waals surface area contributed by atoms with E-state index in [1.165, 1.54) is 22.4 Å². The first-order chi connectivity index (χ1) is 9.75. The van der Waals surface area contributed by atoms with Crippen molar-refractivity contribution < 1.29 is 18.7 Å². The number of carbonyl (C=O) groups is 1. The van der Waals surface area contributed by atoms with E-state index in [1.54, 1.807) is 14.0 Å². The van der Waals surface area contributed by atoms with Gasteiger partial charge in [0.15, 0.2) is 11.6 Å². The van der Waals surface area contributed by atoms with Gasteiger partial charge in [-0.2, -0.15) is 0 Å². The Morgan fingerprint density at radius 3 is 2.38 bits per heavy atom. The predicted molar refractivity (Wildman–Crippen MR) is 71.5 cm³/mol. The van der Waals surface area contributed by atoms with Crippen molar-refractivity contribution in [3.8, 4) is 0 Å². The van der Waals surface area contributed by atoms with E-state index >= 15 is 0 Å². The Bertz CT molecular complexity index is 777. The van der Waals surface area contributed by atoms with Crippen molar-refractivity contribution in [2.75, 3.05) is 0 Å². The summed E-state index contributed by atoms with van der Waals surface area (Å²) in [5.41, 5.74) is -0.345. The van der Waals surface area contributed by atoms with Crippen molar-refractivity contribution in [1.82, 2.24) is 9.36 Å². The molecule has 21 heavy (non-hydrogen) atoms. The van der Waals surface area contributed by atoms with Crippen LogP contribution >= 0.6 is 0 Å². The Hall–Kier alpha value is -2.44. The summed E-state index contributed by atoms with van der Waals surface area (Å²) in [5.74, 6) is -3.31. The molecule has 1 heterocycles. The van der Waals surface area contributed by atoms with Crippen LogP contribution in [-0.2, 0) is 7.05 Å². The number of aromatic nitrogens is 2. The lowest BCUT2D eigenvalue weighted by atomic mass is 10.1. The summed E-state index contributed by atoms with van der Waals surface area (Å²) >= 11 is 0. The monoisotopic (exact) mass is 296 g/mol. The van der Waals surface area contributed by atoms with Crippen molar-refractivity contribution in [3.05, 3.63) is 57.0 Å². The highest BCUT2D eigenvalue weighted by atomic mass is 19.2. The molecule has 0 aliphatic heterocycles. The molecule has 1 atom stereocenters. The Kier molecular flexibility index (Phi) is 3.67. The second-order valence-electron chi connectivity index (χ2n) is 4.79. The minimum absolute atomic E-state index is 0.293. The van der Waals surface area contributed by atoms with Gasteiger partial charge < -0.3 is 5.11 Å². The first kappa shape index (κ1) is 15.0. The highest BCUT2D eigenvalue weighted by Gasteiger charge is 2.24. The van der Waals surface area contributed by atoms with Crippen LogP contribution < -0.4 is 5.56 Å². The van der Waals surface area contributed by atoms with Crippen molar-refractivity contribution in [2.24, 2.45) is 7.05 Å². The Labute approximate surface area is 119 Å². The van der Waals surface area contributed by atoms with Gasteiger partial charge >= 0.3 is 5.97 Å². The quantitative estimate of drug-likeness (QED) is 0.943. The van der Waals surface area contributed by atoms with E-state index in [-0.39, 0.29) is 5.56 Å². The van der Waals surface area contributed by atoms with Crippen LogP contribution in [0, 0.1) is 18.6 Å². The number of nitrogens with zero attached hydrogens (tertiary/aromatic N) is 2. The lowest BCUT2D eigenvalue weighted by molar-refractivity contribution is 0.0694. The fourth-order valence-corrected chi connectivity index (χ4v) is 2.32. The lowest BCUT2D eigenvalue weighted by Crippen LogP contribution is -2.27. The van der Waals surface area contributed by atoms with E-state index in [0.717, 1.165) is 12.1 Å². The molecule has 0 unspecified atom stereocenters. The maximum absolute atomic E-state index is 13.3. The standard InChI is InChI=1S/C14H14F2N2O3/c1-7(9-4-5-10(15)11(16)6-9)18-13(19)12(14(20)21)8(2)17(18)3/h4-7H,1-3H3,(H,20,21)/t7-/m1/s1. The molecule has 0 amide bonds. The molecule has 0 saturated carbocycles. The topological polar surface area (TPSA) is 64.2 Å². The molecule has 0 fully saturated rings. The maximum atomic E-state index is 13.3. The van der Waals surface area contributed by atoms with E-state index in [0.29, 0.717) is 11.3 Å². The molecule has 0 saturated heterocycles. The number of carboxylic acids is 1. The lowest BCUT2D eigenvalue weighted by Gasteiger charge is -2.17. The van der Waals surface area contributed by atoms with Gasteiger partial charge in [-0.15, -0.1) is 0 Å². The minimum Gasteiger partial charge on any atom is -0.477 e. The summed E-state index contributed by atoms with van der Waals surface area (Å²) in [5, 5.41) is 9.08. The zero-order valence-corrected chi connectivity index (χ0v) is 11.7. The highest BCUT2D eigenvalue weighted by molar-refractivity contribution is 5.88. The average Bonchev–Trinajstić information content (AvgIpc) is 2.63. The van der Waals surface area contributed by atoms with E-state index in [4.69, 9.17) is 5.11 Å². The Balaban J connectivity index is 2.61. The minimum atomic E-state index is -1.32. The van der Waals surface area contributed by atoms with Gasteiger partial charge in [0, 0.05) is 7.05 Å². The van der Waals surface area contributed by atoms with E-state index in [1.807, 2.05) is 0 Å². The number of carboxylic acid groups (broad SMARTS) is 1. The van der Waals surface area contributed by atoms with Gasteiger partial charge in [-0.25, -0.2) is 18.3 Å². The van der Waals surface area contributed by atoms with Gasteiger partial charge in [-0.1, -0.05) is 6.07 Å². The Morgan fingerprint density at radius 2 is 1.90 bits per heavy atom. The number of hydrogen-bond acceptors (Lipinski definition) is 2. The zero-order chi connectivity index (χ0) is 15.9. The number of hydrogen-bond donors (Lipinski definition) is 1. The van der Waals surface area contributed by atoms with Crippen molar-refractivity contribution in [1.29, 1.82) is 0 Å². The molecule has 7 heteroatoms. The largest absolute Gasteiger partial charge is 0.477 e. The van der Waals surface area contributed by atoms with Gasteiger partial charge in [0.25, 0.3) is 5.56 Å². The third-order valence-corrected chi connectivity index (χ3v) is 3.60. The molecule has 5 nitrogen and oxygen atoms in total. The van der Waals surface area contributed by atoms with Gasteiger partial charge in [-0.3, -0.25) is 9.48 Å². The van der Waals surface area contributed by atoms with Crippen LogP contribution in [0.5, 0.6) is 0 Å². The van der Waals surface area contributed by atoms with Gasteiger partial charge in [0.05, 0.1) is 11.7 Å². The predicted octanol–water partition coefficient (Wildman–Crippen LogP) is 2.08. The molecule has 2 aromatic rings. The molecular weight excluding hydrogens is 282 g/mol. The highest BCUT2D eigenvalue weighted by Crippen LogP contribution is 2.20. The molecular formula is C14H14F2N2O3. The normalized spacial score (nSPS) is 12.4. The molecule has 112 valence electrons. The summed E-state index contributed by atoms with van der Waals surface area (Å²) in [6.45, 7) is 3.12. The number of aromatic carboxylic acids is 1. The van der Waals surface area contributed by atoms with Gasteiger partial charge in [-0.05, 0) is 31.5 Å². The number of benzene rings is 1. The first-order valence-corrected chi connectivity index (χ1v) is 6.22. The SMILES string of the molecule is Cc1c(C(=O)O)c(=O)n([C@H](C)c2ccc(F)c(F)c2)n1C. The molecule has 0 bridgehead atoms. The van der Waals surface area contributed by atoms with E-state index < -0.39 is 29.2 Å². The summed E-state index contributed by atoms with van der Waals surface area (Å²) < 4.78 is 28.9. The van der Waals surface area contributed by atoms with Gasteiger partial charge in [0.2, 0.25) is 0 Å². The number of halogens is 2. The van der Waals surface area contributed by atoms with Crippen LogP contribution in [-0.4, -0.2) is 20.4 Å². The van der Waals surface area contributed by atoms with Crippen LogP contribution in [0.3, 0.4) is 0 Å². The third-order valence-electron chi connectivity index (χ3n) is 3.60. The van der Waals surface area contributed by atoms with Crippen molar-refractivity contribution in [3.63, 3.8) is 0 Å². The average molecular weight is 296 g/mol. The molecule has 2 rings (SSSR count).